The first-order valence-corrected chi connectivity index (χ1v) is 14.9. The van der Waals surface area contributed by atoms with E-state index in [-0.39, 0.29) is 30.2 Å². The summed E-state index contributed by atoms with van der Waals surface area (Å²) < 4.78 is 46.1. The van der Waals surface area contributed by atoms with Crippen LogP contribution in [0.2, 0.25) is 0 Å². The van der Waals surface area contributed by atoms with Gasteiger partial charge in [-0.3, -0.25) is 9.69 Å². The lowest BCUT2D eigenvalue weighted by atomic mass is 9.76. The Bertz CT molecular complexity index is 1370. The number of halogens is 2. The molecule has 10 nitrogen and oxygen atoms in total. The van der Waals surface area contributed by atoms with Gasteiger partial charge in [0.25, 0.3) is 0 Å². The minimum atomic E-state index is -1.18. The largest absolute Gasteiger partial charge is 0.444 e. The Morgan fingerprint density at radius 1 is 1.16 bits per heavy atom. The molecule has 2 aliphatic heterocycles. The Hall–Kier alpha value is -3.73. The van der Waals surface area contributed by atoms with Gasteiger partial charge in [-0.05, 0) is 102 Å². The Morgan fingerprint density at radius 2 is 1.84 bits per heavy atom. The average Bonchev–Trinajstić information content (AvgIpc) is 3.27. The molecule has 238 valence electrons. The van der Waals surface area contributed by atoms with Gasteiger partial charge in [0.2, 0.25) is 5.91 Å². The SMILES string of the molecule is CC(C)(C)OC(=O)N1[C@@H](CCc2c(F)cccc2NC(=O)C(N=[N+]=[N-])[C@@H](c2ccc(F)cc2)C2CCOCC2)COC1(C)C. The number of amides is 2. The third-order valence-electron chi connectivity index (χ3n) is 8.08. The van der Waals surface area contributed by atoms with Crippen LogP contribution in [0.4, 0.5) is 19.3 Å². The third kappa shape index (κ3) is 8.05. The standard InChI is InChI=1S/C32H41F2N5O5/c1-31(2,3)44-30(41)39-23(19-43-32(39,4)5)13-14-24-25(34)7-6-8-26(24)36-29(40)28(37-38-35)27(21-15-17-42-18-16-21)20-9-11-22(33)12-10-20/h6-12,21,23,27-28H,13-19H2,1-5H3,(H,36,40)/t23-,27-,28?/m0/s1. The van der Waals surface area contributed by atoms with Crippen LogP contribution in [-0.4, -0.2) is 60.1 Å². The molecule has 1 N–H and O–H groups in total. The van der Waals surface area contributed by atoms with Crippen LogP contribution in [0.15, 0.2) is 47.6 Å². The molecule has 0 radical (unpaired) electrons. The quantitative estimate of drug-likeness (QED) is 0.183. The summed E-state index contributed by atoms with van der Waals surface area (Å²) in [7, 11) is 0. The van der Waals surface area contributed by atoms with Gasteiger partial charge in [-0.15, -0.1) is 0 Å². The zero-order valence-corrected chi connectivity index (χ0v) is 25.9. The van der Waals surface area contributed by atoms with E-state index in [0.717, 1.165) is 0 Å². The number of hydrogen-bond donors (Lipinski definition) is 1. The number of nitrogens with one attached hydrogen (secondary N) is 1. The van der Waals surface area contributed by atoms with Gasteiger partial charge >= 0.3 is 6.09 Å². The molecule has 0 bridgehead atoms. The monoisotopic (exact) mass is 613 g/mol. The molecule has 2 fully saturated rings. The minimum Gasteiger partial charge on any atom is -0.444 e. The fraction of sp³-hybridized carbons (Fsp3) is 0.562. The van der Waals surface area contributed by atoms with Gasteiger partial charge in [0.15, 0.2) is 0 Å². The van der Waals surface area contributed by atoms with Crippen LogP contribution in [0.25, 0.3) is 10.4 Å². The summed E-state index contributed by atoms with van der Waals surface area (Å²) in [6, 6.07) is 8.62. The smallest absolute Gasteiger partial charge is 0.412 e. The van der Waals surface area contributed by atoms with Gasteiger partial charge in [-0.25, -0.2) is 13.6 Å². The van der Waals surface area contributed by atoms with Crippen molar-refractivity contribution in [2.75, 3.05) is 25.1 Å². The van der Waals surface area contributed by atoms with Gasteiger partial charge in [0.1, 0.15) is 29.0 Å². The summed E-state index contributed by atoms with van der Waals surface area (Å²) in [6.07, 6.45) is 1.26. The van der Waals surface area contributed by atoms with Crippen LogP contribution in [0.3, 0.4) is 0 Å². The second-order valence-corrected chi connectivity index (χ2v) is 12.7. The van der Waals surface area contributed by atoms with E-state index in [1.807, 2.05) is 0 Å². The summed E-state index contributed by atoms with van der Waals surface area (Å²) in [4.78, 5) is 31.4. The topological polar surface area (TPSA) is 126 Å². The molecule has 0 spiro atoms. The Kier molecular flexibility index (Phi) is 10.5. The molecular weight excluding hydrogens is 572 g/mol. The van der Waals surface area contributed by atoms with Gasteiger partial charge in [0, 0.05) is 35.3 Å². The van der Waals surface area contributed by atoms with Crippen molar-refractivity contribution in [2.24, 2.45) is 11.0 Å². The van der Waals surface area contributed by atoms with Gasteiger partial charge in [-0.2, -0.15) is 0 Å². The number of benzene rings is 2. The van der Waals surface area contributed by atoms with Crippen molar-refractivity contribution in [3.05, 3.63) is 75.7 Å². The first kappa shape index (κ1) is 33.2. The van der Waals surface area contributed by atoms with Crippen LogP contribution in [-0.2, 0) is 25.4 Å². The van der Waals surface area contributed by atoms with E-state index in [1.54, 1.807) is 52.8 Å². The van der Waals surface area contributed by atoms with E-state index in [1.165, 1.54) is 29.2 Å². The summed E-state index contributed by atoms with van der Waals surface area (Å²) in [6.45, 7) is 10.1. The van der Waals surface area contributed by atoms with Crippen molar-refractivity contribution in [3.8, 4) is 0 Å². The molecule has 2 aromatic rings. The van der Waals surface area contributed by atoms with Crippen molar-refractivity contribution in [3.63, 3.8) is 0 Å². The Balaban J connectivity index is 1.58. The molecule has 12 heteroatoms. The highest BCUT2D eigenvalue weighted by Crippen LogP contribution is 2.38. The highest BCUT2D eigenvalue weighted by molar-refractivity contribution is 5.96. The lowest BCUT2D eigenvalue weighted by Crippen LogP contribution is -2.50. The number of azide groups is 1. The van der Waals surface area contributed by atoms with Gasteiger partial charge in [0.05, 0.1) is 12.6 Å². The van der Waals surface area contributed by atoms with Crippen LogP contribution >= 0.6 is 0 Å². The average molecular weight is 614 g/mol. The van der Waals surface area contributed by atoms with Crippen molar-refractivity contribution in [2.45, 2.75) is 89.6 Å². The first-order chi connectivity index (χ1) is 20.8. The zero-order chi connectivity index (χ0) is 32.1. The molecule has 44 heavy (non-hydrogen) atoms. The van der Waals surface area contributed by atoms with E-state index in [0.29, 0.717) is 38.0 Å². The summed E-state index contributed by atoms with van der Waals surface area (Å²) in [5, 5.41) is 6.70. The van der Waals surface area contributed by atoms with Crippen molar-refractivity contribution in [1.29, 1.82) is 0 Å². The maximum Gasteiger partial charge on any atom is 0.412 e. The number of hydrogen-bond acceptors (Lipinski definition) is 6. The fourth-order valence-corrected chi connectivity index (χ4v) is 6.04. The number of ether oxygens (including phenoxy) is 3. The summed E-state index contributed by atoms with van der Waals surface area (Å²) in [5.41, 5.74) is 8.98. The normalized spacial score (nSPS) is 20.0. The second kappa shape index (κ2) is 13.9. The van der Waals surface area contributed by atoms with E-state index < -0.39 is 53.0 Å². The maximum atomic E-state index is 15.3. The van der Waals surface area contributed by atoms with Crippen molar-refractivity contribution < 1.29 is 32.6 Å². The lowest BCUT2D eigenvalue weighted by molar-refractivity contribution is -0.118. The number of rotatable bonds is 9. The Morgan fingerprint density at radius 3 is 2.48 bits per heavy atom. The molecule has 1 unspecified atom stereocenters. The molecule has 2 aromatic carbocycles. The molecule has 3 atom stereocenters. The van der Waals surface area contributed by atoms with Crippen molar-refractivity contribution >= 4 is 17.7 Å². The zero-order valence-electron chi connectivity index (χ0n) is 25.9. The van der Waals surface area contributed by atoms with E-state index in [2.05, 4.69) is 15.3 Å². The minimum absolute atomic E-state index is 0.0630. The molecule has 0 aliphatic carbocycles. The predicted molar refractivity (Wildman–Crippen MR) is 161 cm³/mol. The fourth-order valence-electron chi connectivity index (χ4n) is 6.04. The van der Waals surface area contributed by atoms with Crippen LogP contribution in [0.5, 0.6) is 0 Å². The molecule has 2 amide bonds. The number of anilines is 1. The molecule has 0 saturated carbocycles. The van der Waals surface area contributed by atoms with Crippen LogP contribution in [0, 0.1) is 17.6 Å². The maximum absolute atomic E-state index is 15.3. The van der Waals surface area contributed by atoms with E-state index in [4.69, 9.17) is 14.2 Å². The third-order valence-corrected chi connectivity index (χ3v) is 8.08. The lowest BCUT2D eigenvalue weighted by Gasteiger charge is -2.35. The summed E-state index contributed by atoms with van der Waals surface area (Å²) in [5.74, 6) is -2.16. The summed E-state index contributed by atoms with van der Waals surface area (Å²) >= 11 is 0. The van der Waals surface area contributed by atoms with Crippen LogP contribution < -0.4 is 5.32 Å². The number of carbonyl (C=O) groups is 2. The van der Waals surface area contributed by atoms with E-state index >= 15 is 4.39 Å². The van der Waals surface area contributed by atoms with Crippen molar-refractivity contribution in [1.82, 2.24) is 4.90 Å². The number of nitrogens with zero attached hydrogens (tertiary/aromatic N) is 4. The first-order valence-electron chi connectivity index (χ1n) is 14.9. The Labute approximate surface area is 256 Å². The van der Waals surface area contributed by atoms with E-state index in [9.17, 15) is 19.5 Å². The molecule has 4 rings (SSSR count). The van der Waals surface area contributed by atoms with Gasteiger partial charge in [-0.1, -0.05) is 23.3 Å². The number of carbonyl (C=O) groups excluding carboxylic acids is 2. The highest BCUT2D eigenvalue weighted by Gasteiger charge is 2.45. The predicted octanol–water partition coefficient (Wildman–Crippen LogP) is 7.10. The molecule has 2 aliphatic rings. The molecule has 0 aromatic heterocycles. The second-order valence-electron chi connectivity index (χ2n) is 12.7. The molecule has 2 heterocycles. The van der Waals surface area contributed by atoms with Crippen LogP contribution in [0.1, 0.15) is 70.9 Å². The molecule has 2 saturated heterocycles. The molecular formula is C32H41F2N5O5. The highest BCUT2D eigenvalue weighted by atomic mass is 19.1. The van der Waals surface area contributed by atoms with Gasteiger partial charge < -0.3 is 19.5 Å².